The van der Waals surface area contributed by atoms with Crippen LogP contribution in [-0.2, 0) is 29.3 Å². The molecule has 3 aromatic rings. The Morgan fingerprint density at radius 2 is 1.93 bits per heavy atom. The minimum Gasteiger partial charge on any atom is -0.294 e. The third kappa shape index (κ3) is 3.93. The molecule has 2 aromatic heterocycles. The molecular weight excluding hydrogens is 379 g/mol. The van der Waals surface area contributed by atoms with Crippen LogP contribution in [0, 0.1) is 5.82 Å². The van der Waals surface area contributed by atoms with Gasteiger partial charge in [-0.1, -0.05) is 18.2 Å². The maximum atomic E-state index is 13.9. The van der Waals surface area contributed by atoms with Gasteiger partial charge in [-0.3, -0.25) is 9.88 Å². The van der Waals surface area contributed by atoms with Crippen molar-refractivity contribution in [3.8, 4) is 11.3 Å². The van der Waals surface area contributed by atoms with Gasteiger partial charge in [-0.15, -0.1) is 0 Å². The number of rotatable bonds is 4. The molecule has 4 rings (SSSR count). The molecule has 1 aliphatic rings. The second kappa shape index (κ2) is 7.37. The Labute approximate surface area is 163 Å². The van der Waals surface area contributed by atoms with E-state index in [0.717, 1.165) is 29.6 Å². The molecule has 0 spiro atoms. The van der Waals surface area contributed by atoms with Gasteiger partial charge < -0.3 is 0 Å². The van der Waals surface area contributed by atoms with Gasteiger partial charge in [0, 0.05) is 55.8 Å². The highest BCUT2D eigenvalue weighted by Gasteiger charge is 2.21. The highest BCUT2D eigenvalue weighted by atomic mass is 32.2. The molecule has 0 saturated heterocycles. The van der Waals surface area contributed by atoms with Crippen molar-refractivity contribution in [3.05, 3.63) is 71.4 Å². The maximum Gasteiger partial charge on any atom is 0.246 e. The van der Waals surface area contributed by atoms with Crippen LogP contribution in [0.2, 0.25) is 0 Å². The fourth-order valence-corrected chi connectivity index (χ4v) is 3.79. The molecule has 0 saturated carbocycles. The van der Waals surface area contributed by atoms with Crippen molar-refractivity contribution in [3.63, 3.8) is 0 Å². The first kappa shape index (κ1) is 18.6. The van der Waals surface area contributed by atoms with E-state index in [2.05, 4.69) is 19.9 Å². The van der Waals surface area contributed by atoms with E-state index in [1.807, 2.05) is 12.1 Å². The van der Waals surface area contributed by atoms with Crippen LogP contribution >= 0.6 is 0 Å². The summed E-state index contributed by atoms with van der Waals surface area (Å²) in [5.41, 5.74) is 3.85. The third-order valence-electron chi connectivity index (χ3n) is 4.70. The summed E-state index contributed by atoms with van der Waals surface area (Å²) in [6, 6.07) is 10.4. The number of nitrogens with zero attached hydrogens (tertiary/aromatic N) is 4. The first-order valence-corrected chi connectivity index (χ1v) is 10.8. The van der Waals surface area contributed by atoms with Gasteiger partial charge >= 0.3 is 0 Å². The average molecular weight is 398 g/mol. The molecule has 6 nitrogen and oxygen atoms in total. The quantitative estimate of drug-likeness (QED) is 0.629. The summed E-state index contributed by atoms with van der Waals surface area (Å²) in [5, 5.41) is -0.118. The molecule has 0 aliphatic carbocycles. The summed E-state index contributed by atoms with van der Waals surface area (Å²) in [7, 11) is -3.40. The van der Waals surface area contributed by atoms with Crippen LogP contribution in [0.5, 0.6) is 0 Å². The van der Waals surface area contributed by atoms with Gasteiger partial charge in [-0.2, -0.15) is 0 Å². The van der Waals surface area contributed by atoms with Crippen LogP contribution < -0.4 is 0 Å². The van der Waals surface area contributed by atoms with E-state index in [4.69, 9.17) is 0 Å². The van der Waals surface area contributed by atoms with E-state index < -0.39 is 9.84 Å². The van der Waals surface area contributed by atoms with E-state index in [1.54, 1.807) is 30.6 Å². The van der Waals surface area contributed by atoms with Crippen molar-refractivity contribution >= 4 is 9.84 Å². The van der Waals surface area contributed by atoms with Crippen LogP contribution in [0.1, 0.15) is 16.8 Å². The van der Waals surface area contributed by atoms with Gasteiger partial charge in [-0.05, 0) is 23.8 Å². The minimum absolute atomic E-state index is 0.118. The fraction of sp³-hybridized carbons (Fsp3) is 0.250. The van der Waals surface area contributed by atoms with Crippen molar-refractivity contribution in [1.82, 2.24) is 19.9 Å². The second-order valence-electron chi connectivity index (χ2n) is 6.89. The zero-order valence-corrected chi connectivity index (χ0v) is 16.2. The highest BCUT2D eigenvalue weighted by molar-refractivity contribution is 7.90. The Kier molecular flexibility index (Phi) is 4.91. The van der Waals surface area contributed by atoms with Gasteiger partial charge in [0.25, 0.3) is 0 Å². The zero-order chi connectivity index (χ0) is 19.7. The van der Waals surface area contributed by atoms with Gasteiger partial charge in [0.1, 0.15) is 5.82 Å². The Morgan fingerprint density at radius 1 is 1.11 bits per heavy atom. The highest BCUT2D eigenvalue weighted by Crippen LogP contribution is 2.22. The second-order valence-corrected chi connectivity index (χ2v) is 8.80. The molecule has 144 valence electrons. The zero-order valence-electron chi connectivity index (χ0n) is 15.3. The Hall–Kier alpha value is -2.71. The van der Waals surface area contributed by atoms with Crippen molar-refractivity contribution in [1.29, 1.82) is 0 Å². The Bertz CT molecular complexity index is 1120. The van der Waals surface area contributed by atoms with Crippen LogP contribution in [0.25, 0.3) is 11.3 Å². The molecular formula is C20H19FN4O2S. The van der Waals surface area contributed by atoms with Crippen molar-refractivity contribution in [2.45, 2.75) is 24.7 Å². The molecule has 0 atom stereocenters. The number of halogens is 1. The summed E-state index contributed by atoms with van der Waals surface area (Å²) in [6.07, 6.45) is 5.15. The summed E-state index contributed by atoms with van der Waals surface area (Å²) in [5.74, 6) is -0.288. The van der Waals surface area contributed by atoms with E-state index in [-0.39, 0.29) is 11.0 Å². The maximum absolute atomic E-state index is 13.9. The predicted molar refractivity (Wildman–Crippen MR) is 103 cm³/mol. The van der Waals surface area contributed by atoms with Crippen LogP contribution in [-0.4, -0.2) is 41.1 Å². The van der Waals surface area contributed by atoms with Gasteiger partial charge in [0.05, 0.1) is 11.4 Å². The third-order valence-corrected chi connectivity index (χ3v) is 5.56. The fourth-order valence-electron chi connectivity index (χ4n) is 3.27. The monoisotopic (exact) mass is 398 g/mol. The molecule has 28 heavy (non-hydrogen) atoms. The number of benzene rings is 1. The number of pyridine rings is 1. The van der Waals surface area contributed by atoms with E-state index in [1.165, 1.54) is 6.07 Å². The molecule has 1 aromatic carbocycles. The molecule has 8 heteroatoms. The molecule has 0 radical (unpaired) electrons. The Morgan fingerprint density at radius 3 is 2.64 bits per heavy atom. The molecule has 3 heterocycles. The number of sulfone groups is 1. The first-order valence-electron chi connectivity index (χ1n) is 8.87. The van der Waals surface area contributed by atoms with E-state index in [9.17, 15) is 12.8 Å². The van der Waals surface area contributed by atoms with Gasteiger partial charge in [0.15, 0.2) is 0 Å². The first-order chi connectivity index (χ1) is 13.4. The van der Waals surface area contributed by atoms with Crippen LogP contribution in [0.3, 0.4) is 0 Å². The summed E-state index contributed by atoms with van der Waals surface area (Å²) in [4.78, 5) is 14.8. The Balaban J connectivity index is 1.47. The average Bonchev–Trinajstić information content (AvgIpc) is 2.68. The normalized spacial score (nSPS) is 14.6. The summed E-state index contributed by atoms with van der Waals surface area (Å²) in [6.45, 7) is 2.11. The lowest BCUT2D eigenvalue weighted by atomic mass is 10.1. The van der Waals surface area contributed by atoms with E-state index in [0.29, 0.717) is 30.8 Å². The van der Waals surface area contributed by atoms with Crippen LogP contribution in [0.4, 0.5) is 4.39 Å². The molecule has 0 unspecified atom stereocenters. The summed E-state index contributed by atoms with van der Waals surface area (Å²) >= 11 is 0. The number of fused-ring (bicyclic) bond motifs is 1. The lowest BCUT2D eigenvalue weighted by Crippen LogP contribution is -2.31. The largest absolute Gasteiger partial charge is 0.294 e. The van der Waals surface area contributed by atoms with Gasteiger partial charge in [-0.25, -0.2) is 22.8 Å². The van der Waals surface area contributed by atoms with Crippen LogP contribution in [0.15, 0.2) is 53.9 Å². The number of aromatic nitrogens is 3. The smallest absolute Gasteiger partial charge is 0.246 e. The lowest BCUT2D eigenvalue weighted by Gasteiger charge is -2.27. The minimum atomic E-state index is -3.40. The van der Waals surface area contributed by atoms with Crippen molar-refractivity contribution in [2.24, 2.45) is 0 Å². The standard InChI is InChI=1S/C20H19FN4O2S/c1-28(26,27)20-23-11-15-13-25(9-8-18(15)24-20)12-14-6-7-19(22-10-14)16-4-2-3-5-17(16)21/h2-7,10-11H,8-9,12-13H2,1H3. The molecule has 0 fully saturated rings. The SMILES string of the molecule is CS(=O)(=O)c1ncc2c(n1)CCN(Cc1ccc(-c3ccccc3F)nc1)C2. The van der Waals surface area contributed by atoms with Crippen molar-refractivity contribution < 1.29 is 12.8 Å². The molecule has 0 amide bonds. The predicted octanol–water partition coefficient (Wildman–Crippen LogP) is 2.64. The number of hydrogen-bond acceptors (Lipinski definition) is 6. The topological polar surface area (TPSA) is 76.1 Å². The number of hydrogen-bond donors (Lipinski definition) is 0. The lowest BCUT2D eigenvalue weighted by molar-refractivity contribution is 0.242. The van der Waals surface area contributed by atoms with Crippen molar-refractivity contribution in [2.75, 3.05) is 12.8 Å². The van der Waals surface area contributed by atoms with E-state index >= 15 is 0 Å². The summed E-state index contributed by atoms with van der Waals surface area (Å²) < 4.78 is 37.1. The van der Waals surface area contributed by atoms with Gasteiger partial charge in [0.2, 0.25) is 15.0 Å². The molecule has 0 N–H and O–H groups in total. The molecule has 0 bridgehead atoms. The molecule has 1 aliphatic heterocycles.